The van der Waals surface area contributed by atoms with Crippen LogP contribution < -0.4 is 10.2 Å². The van der Waals surface area contributed by atoms with Crippen LogP contribution in [0.2, 0.25) is 0 Å². The SMILES string of the molecule is CCC(CNC(C)(C)C)N(C)c1ccc(C)cc1C. The Balaban J connectivity index is 2.80. The minimum atomic E-state index is 0.177. The van der Waals surface area contributed by atoms with Crippen molar-refractivity contribution in [3.63, 3.8) is 0 Å². The summed E-state index contributed by atoms with van der Waals surface area (Å²) in [5.74, 6) is 0. The maximum atomic E-state index is 3.61. The molecule has 0 heterocycles. The summed E-state index contributed by atoms with van der Waals surface area (Å²) in [6.45, 7) is 14.3. The van der Waals surface area contributed by atoms with Crippen LogP contribution >= 0.6 is 0 Å². The normalized spacial score (nSPS) is 13.4. The van der Waals surface area contributed by atoms with Crippen LogP contribution in [0.4, 0.5) is 5.69 Å². The van der Waals surface area contributed by atoms with Crippen LogP contribution in [0, 0.1) is 13.8 Å². The smallest absolute Gasteiger partial charge is 0.0408 e. The largest absolute Gasteiger partial charge is 0.370 e. The molecule has 0 spiro atoms. The molecule has 0 amide bonds. The van der Waals surface area contributed by atoms with Crippen LogP contribution in [-0.2, 0) is 0 Å². The molecule has 1 rings (SSSR count). The first-order valence-electron chi connectivity index (χ1n) is 7.29. The van der Waals surface area contributed by atoms with Crippen molar-refractivity contribution in [1.82, 2.24) is 5.32 Å². The molecule has 1 aromatic carbocycles. The van der Waals surface area contributed by atoms with Gasteiger partial charge in [0.15, 0.2) is 0 Å². The fourth-order valence-electron chi connectivity index (χ4n) is 2.38. The van der Waals surface area contributed by atoms with Crippen LogP contribution in [0.1, 0.15) is 45.2 Å². The first kappa shape index (κ1) is 16.0. The molecule has 0 aliphatic heterocycles. The Bertz CT molecular complexity index is 404. The maximum Gasteiger partial charge on any atom is 0.0408 e. The Hall–Kier alpha value is -1.02. The Labute approximate surface area is 119 Å². The van der Waals surface area contributed by atoms with Crippen LogP contribution in [0.3, 0.4) is 0 Å². The second-order valence-electron chi connectivity index (χ2n) is 6.59. The van der Waals surface area contributed by atoms with E-state index in [0.29, 0.717) is 6.04 Å². The molecule has 0 saturated heterocycles. The summed E-state index contributed by atoms with van der Waals surface area (Å²) in [4.78, 5) is 2.41. The maximum absolute atomic E-state index is 3.61. The molecule has 0 aromatic heterocycles. The van der Waals surface area contributed by atoms with Gasteiger partial charge in [-0.05, 0) is 52.7 Å². The lowest BCUT2D eigenvalue weighted by Crippen LogP contribution is -2.46. The van der Waals surface area contributed by atoms with E-state index in [4.69, 9.17) is 0 Å². The number of rotatable bonds is 5. The summed E-state index contributed by atoms with van der Waals surface area (Å²) in [7, 11) is 2.20. The molecule has 1 N–H and O–H groups in total. The minimum Gasteiger partial charge on any atom is -0.370 e. The molecule has 0 aliphatic carbocycles. The lowest BCUT2D eigenvalue weighted by molar-refractivity contribution is 0.397. The van der Waals surface area contributed by atoms with E-state index >= 15 is 0 Å². The quantitative estimate of drug-likeness (QED) is 0.865. The van der Waals surface area contributed by atoms with Crippen LogP contribution in [0.25, 0.3) is 0 Å². The zero-order chi connectivity index (χ0) is 14.6. The highest BCUT2D eigenvalue weighted by atomic mass is 15.2. The lowest BCUT2D eigenvalue weighted by Gasteiger charge is -2.33. The Morgan fingerprint density at radius 3 is 2.32 bits per heavy atom. The number of nitrogens with one attached hydrogen (secondary N) is 1. The van der Waals surface area contributed by atoms with Gasteiger partial charge in [-0.25, -0.2) is 0 Å². The van der Waals surface area contributed by atoms with Crippen molar-refractivity contribution in [3.8, 4) is 0 Å². The van der Waals surface area contributed by atoms with Crippen molar-refractivity contribution in [3.05, 3.63) is 29.3 Å². The second-order valence-corrected chi connectivity index (χ2v) is 6.59. The third-order valence-electron chi connectivity index (χ3n) is 3.62. The molecule has 2 nitrogen and oxygen atoms in total. The third-order valence-corrected chi connectivity index (χ3v) is 3.62. The highest BCUT2D eigenvalue weighted by molar-refractivity contribution is 5.54. The van der Waals surface area contributed by atoms with Gasteiger partial charge in [0.05, 0.1) is 0 Å². The molecule has 0 aliphatic rings. The summed E-state index contributed by atoms with van der Waals surface area (Å²) < 4.78 is 0. The second kappa shape index (κ2) is 6.42. The van der Waals surface area contributed by atoms with Gasteiger partial charge < -0.3 is 10.2 Å². The summed E-state index contributed by atoms with van der Waals surface area (Å²) >= 11 is 0. The average molecular weight is 262 g/mol. The molecule has 1 unspecified atom stereocenters. The monoisotopic (exact) mass is 262 g/mol. The average Bonchev–Trinajstić information content (AvgIpc) is 2.27. The van der Waals surface area contributed by atoms with Gasteiger partial charge in [-0.1, -0.05) is 24.6 Å². The molecule has 1 atom stereocenters. The Kier molecular flexibility index (Phi) is 5.42. The van der Waals surface area contributed by atoms with E-state index in [2.05, 4.69) is 77.0 Å². The summed E-state index contributed by atoms with van der Waals surface area (Å²) in [5.41, 5.74) is 4.21. The highest BCUT2D eigenvalue weighted by Crippen LogP contribution is 2.22. The van der Waals surface area contributed by atoms with Gasteiger partial charge in [0, 0.05) is 30.9 Å². The van der Waals surface area contributed by atoms with Crippen molar-refractivity contribution < 1.29 is 0 Å². The molecular formula is C17H30N2. The number of anilines is 1. The number of aryl methyl sites for hydroxylation is 2. The number of benzene rings is 1. The molecule has 0 saturated carbocycles. The van der Waals surface area contributed by atoms with Crippen molar-refractivity contribution in [1.29, 1.82) is 0 Å². The summed E-state index contributed by atoms with van der Waals surface area (Å²) in [6.07, 6.45) is 1.15. The highest BCUT2D eigenvalue weighted by Gasteiger charge is 2.17. The summed E-state index contributed by atoms with van der Waals surface area (Å²) in [5, 5.41) is 3.61. The zero-order valence-electron chi connectivity index (χ0n) is 13.7. The number of nitrogens with zero attached hydrogens (tertiary/aromatic N) is 1. The van der Waals surface area contributed by atoms with Crippen LogP contribution in [0.15, 0.2) is 18.2 Å². The van der Waals surface area contributed by atoms with E-state index in [1.165, 1.54) is 16.8 Å². The van der Waals surface area contributed by atoms with Crippen molar-refractivity contribution >= 4 is 5.69 Å². The van der Waals surface area contributed by atoms with Crippen molar-refractivity contribution in [2.24, 2.45) is 0 Å². The molecule has 0 bridgehead atoms. The van der Waals surface area contributed by atoms with Crippen molar-refractivity contribution in [2.75, 3.05) is 18.5 Å². The minimum absolute atomic E-state index is 0.177. The van der Waals surface area contributed by atoms with Gasteiger partial charge in [-0.2, -0.15) is 0 Å². The van der Waals surface area contributed by atoms with Crippen LogP contribution in [0.5, 0.6) is 0 Å². The number of hydrogen-bond donors (Lipinski definition) is 1. The van der Waals surface area contributed by atoms with E-state index in [1.54, 1.807) is 0 Å². The topological polar surface area (TPSA) is 15.3 Å². The Morgan fingerprint density at radius 1 is 1.21 bits per heavy atom. The molecule has 19 heavy (non-hydrogen) atoms. The third kappa shape index (κ3) is 4.87. The molecule has 0 radical (unpaired) electrons. The Morgan fingerprint density at radius 2 is 1.84 bits per heavy atom. The number of hydrogen-bond acceptors (Lipinski definition) is 2. The predicted octanol–water partition coefficient (Wildman–Crippen LogP) is 3.91. The van der Waals surface area contributed by atoms with Gasteiger partial charge in [0.1, 0.15) is 0 Å². The molecule has 108 valence electrons. The van der Waals surface area contributed by atoms with Gasteiger partial charge in [0.25, 0.3) is 0 Å². The van der Waals surface area contributed by atoms with E-state index in [0.717, 1.165) is 13.0 Å². The first-order valence-corrected chi connectivity index (χ1v) is 7.29. The lowest BCUT2D eigenvalue weighted by atomic mass is 10.1. The van der Waals surface area contributed by atoms with E-state index in [-0.39, 0.29) is 5.54 Å². The molecule has 0 fully saturated rings. The fraction of sp³-hybridized carbons (Fsp3) is 0.647. The predicted molar refractivity (Wildman–Crippen MR) is 86.2 cm³/mol. The first-order chi connectivity index (χ1) is 8.74. The summed E-state index contributed by atoms with van der Waals surface area (Å²) in [6, 6.07) is 7.23. The van der Waals surface area contributed by atoms with Gasteiger partial charge in [-0.15, -0.1) is 0 Å². The zero-order valence-corrected chi connectivity index (χ0v) is 13.7. The van der Waals surface area contributed by atoms with Gasteiger partial charge >= 0.3 is 0 Å². The standard InChI is InChI=1S/C17H30N2/c1-8-15(12-18-17(4,5)6)19(7)16-10-9-13(2)11-14(16)3/h9-11,15,18H,8,12H2,1-7H3. The fourth-order valence-corrected chi connectivity index (χ4v) is 2.38. The van der Waals surface area contributed by atoms with Crippen LogP contribution in [-0.4, -0.2) is 25.2 Å². The molecule has 1 aromatic rings. The van der Waals surface area contributed by atoms with Gasteiger partial charge in [-0.3, -0.25) is 0 Å². The van der Waals surface area contributed by atoms with Crippen molar-refractivity contribution in [2.45, 2.75) is 59.5 Å². The molecule has 2 heteroatoms. The number of likely N-dealkylation sites (N-methyl/N-ethyl adjacent to an activating group) is 1. The van der Waals surface area contributed by atoms with E-state index < -0.39 is 0 Å². The van der Waals surface area contributed by atoms with E-state index in [1.807, 2.05) is 0 Å². The van der Waals surface area contributed by atoms with Gasteiger partial charge in [0.2, 0.25) is 0 Å². The molecular weight excluding hydrogens is 232 g/mol. The van der Waals surface area contributed by atoms with E-state index in [9.17, 15) is 0 Å².